The topological polar surface area (TPSA) is 93.7 Å². The van der Waals surface area contributed by atoms with E-state index in [1.54, 1.807) is 50.4 Å². The van der Waals surface area contributed by atoms with Gasteiger partial charge in [-0.2, -0.15) is 0 Å². The molecule has 7 nitrogen and oxygen atoms in total. The molecule has 0 heterocycles. The lowest BCUT2D eigenvalue weighted by Gasteiger charge is -2.10. The van der Waals surface area contributed by atoms with E-state index >= 15 is 0 Å². The van der Waals surface area contributed by atoms with Crippen molar-refractivity contribution in [3.63, 3.8) is 0 Å². The number of nitrogens with one attached hydrogen (secondary N) is 2. The lowest BCUT2D eigenvalue weighted by atomic mass is 10.2. The Morgan fingerprint density at radius 3 is 2.42 bits per heavy atom. The zero-order chi connectivity index (χ0) is 19.0. The van der Waals surface area contributed by atoms with Gasteiger partial charge < -0.3 is 14.8 Å². The van der Waals surface area contributed by atoms with Crippen molar-refractivity contribution in [1.82, 2.24) is 5.32 Å². The number of amides is 1. The fourth-order valence-electron chi connectivity index (χ4n) is 2.07. The van der Waals surface area contributed by atoms with Crippen LogP contribution in [0.2, 0.25) is 0 Å². The van der Waals surface area contributed by atoms with Gasteiger partial charge in [0.2, 0.25) is 10.0 Å². The van der Waals surface area contributed by atoms with Gasteiger partial charge in [-0.1, -0.05) is 6.07 Å². The molecule has 2 aromatic rings. The Labute approximate surface area is 153 Å². The van der Waals surface area contributed by atoms with Crippen LogP contribution in [0.1, 0.15) is 17.3 Å². The minimum absolute atomic E-state index is 0.0114. The highest BCUT2D eigenvalue weighted by Gasteiger charge is 2.08. The van der Waals surface area contributed by atoms with Gasteiger partial charge in [0.15, 0.2) is 0 Å². The van der Waals surface area contributed by atoms with Gasteiger partial charge in [-0.3, -0.25) is 9.52 Å². The summed E-state index contributed by atoms with van der Waals surface area (Å²) in [7, 11) is -1.75. The van der Waals surface area contributed by atoms with Gasteiger partial charge in [-0.05, 0) is 43.3 Å². The van der Waals surface area contributed by atoms with E-state index in [0.29, 0.717) is 35.9 Å². The SMILES string of the molecule is CCS(=O)(=O)Nc1ccc(C(=O)NCCOc2cccc(OC)c2)cc1. The molecule has 0 aliphatic heterocycles. The summed E-state index contributed by atoms with van der Waals surface area (Å²) in [5.41, 5.74) is 0.857. The van der Waals surface area contributed by atoms with Gasteiger partial charge in [0.05, 0.1) is 19.4 Å². The van der Waals surface area contributed by atoms with E-state index in [-0.39, 0.29) is 11.7 Å². The Kier molecular flexibility index (Phi) is 6.85. The summed E-state index contributed by atoms with van der Waals surface area (Å²) in [4.78, 5) is 12.1. The molecule has 0 radical (unpaired) electrons. The van der Waals surface area contributed by atoms with E-state index < -0.39 is 10.0 Å². The average Bonchev–Trinajstić information content (AvgIpc) is 2.65. The van der Waals surface area contributed by atoms with Crippen molar-refractivity contribution in [2.24, 2.45) is 0 Å². The van der Waals surface area contributed by atoms with Crippen LogP contribution in [0, 0.1) is 0 Å². The number of rotatable bonds is 9. The summed E-state index contributed by atoms with van der Waals surface area (Å²) in [5, 5.41) is 2.74. The van der Waals surface area contributed by atoms with Crippen LogP contribution in [0.25, 0.3) is 0 Å². The van der Waals surface area contributed by atoms with Gasteiger partial charge in [-0.25, -0.2) is 8.42 Å². The standard InChI is InChI=1S/C18H22N2O5S/c1-3-26(22,23)20-15-9-7-14(8-10-15)18(21)19-11-12-25-17-6-4-5-16(13-17)24-2/h4-10,13,20H,3,11-12H2,1-2H3,(H,19,21). The quantitative estimate of drug-likeness (QED) is 0.653. The first kappa shape index (κ1) is 19.6. The lowest BCUT2D eigenvalue weighted by molar-refractivity contribution is 0.0947. The molecular weight excluding hydrogens is 356 g/mol. The predicted octanol–water partition coefficient (Wildman–Crippen LogP) is 2.27. The van der Waals surface area contributed by atoms with E-state index in [9.17, 15) is 13.2 Å². The first-order chi connectivity index (χ1) is 12.4. The van der Waals surface area contributed by atoms with E-state index in [0.717, 1.165) is 0 Å². The molecule has 0 unspecified atom stereocenters. The van der Waals surface area contributed by atoms with Crippen LogP contribution in [-0.4, -0.2) is 40.3 Å². The number of carbonyl (C=O) groups excluding carboxylic acids is 1. The smallest absolute Gasteiger partial charge is 0.251 e. The van der Waals surface area contributed by atoms with Gasteiger partial charge in [0.1, 0.15) is 18.1 Å². The zero-order valence-corrected chi connectivity index (χ0v) is 15.5. The number of methoxy groups -OCH3 is 1. The van der Waals surface area contributed by atoms with Crippen molar-refractivity contribution < 1.29 is 22.7 Å². The van der Waals surface area contributed by atoms with Crippen LogP contribution in [-0.2, 0) is 10.0 Å². The lowest BCUT2D eigenvalue weighted by Crippen LogP contribution is -2.28. The third-order valence-corrected chi connectivity index (χ3v) is 4.80. The highest BCUT2D eigenvalue weighted by atomic mass is 32.2. The molecule has 140 valence electrons. The second-order valence-electron chi connectivity index (χ2n) is 5.37. The number of benzene rings is 2. The average molecular weight is 378 g/mol. The maximum Gasteiger partial charge on any atom is 0.251 e. The van der Waals surface area contributed by atoms with Crippen LogP contribution in [0.4, 0.5) is 5.69 Å². The Bertz CT molecular complexity index is 835. The number of hydrogen-bond acceptors (Lipinski definition) is 5. The van der Waals surface area contributed by atoms with Crippen LogP contribution in [0.15, 0.2) is 48.5 Å². The molecule has 0 spiro atoms. The minimum atomic E-state index is -3.33. The van der Waals surface area contributed by atoms with E-state index in [2.05, 4.69) is 10.0 Å². The van der Waals surface area contributed by atoms with Crippen molar-refractivity contribution in [3.05, 3.63) is 54.1 Å². The largest absolute Gasteiger partial charge is 0.497 e. The number of sulfonamides is 1. The Morgan fingerprint density at radius 1 is 1.08 bits per heavy atom. The van der Waals surface area contributed by atoms with E-state index in [1.807, 2.05) is 12.1 Å². The molecule has 0 saturated carbocycles. The van der Waals surface area contributed by atoms with Crippen molar-refractivity contribution in [3.8, 4) is 11.5 Å². The molecule has 0 aliphatic carbocycles. The van der Waals surface area contributed by atoms with E-state index in [1.165, 1.54) is 0 Å². The highest BCUT2D eigenvalue weighted by Crippen LogP contribution is 2.18. The first-order valence-corrected chi connectivity index (χ1v) is 9.74. The molecule has 0 aromatic heterocycles. The molecule has 2 aromatic carbocycles. The summed E-state index contributed by atoms with van der Waals surface area (Å²) in [6.07, 6.45) is 0. The van der Waals surface area contributed by atoms with Crippen LogP contribution >= 0.6 is 0 Å². The second kappa shape index (κ2) is 9.10. The zero-order valence-electron chi connectivity index (χ0n) is 14.7. The van der Waals surface area contributed by atoms with Crippen molar-refractivity contribution in [2.75, 3.05) is 30.7 Å². The number of ether oxygens (including phenoxy) is 2. The van der Waals surface area contributed by atoms with Crippen LogP contribution in [0.3, 0.4) is 0 Å². The molecule has 0 saturated heterocycles. The number of hydrogen-bond donors (Lipinski definition) is 2. The summed E-state index contributed by atoms with van der Waals surface area (Å²) >= 11 is 0. The highest BCUT2D eigenvalue weighted by molar-refractivity contribution is 7.92. The Hall–Kier alpha value is -2.74. The molecule has 2 rings (SSSR count). The third-order valence-electron chi connectivity index (χ3n) is 3.50. The van der Waals surface area contributed by atoms with Crippen molar-refractivity contribution in [2.45, 2.75) is 6.92 Å². The van der Waals surface area contributed by atoms with Gasteiger partial charge >= 0.3 is 0 Å². The van der Waals surface area contributed by atoms with Gasteiger partial charge in [-0.15, -0.1) is 0 Å². The summed E-state index contributed by atoms with van der Waals surface area (Å²) < 4.78 is 36.1. The van der Waals surface area contributed by atoms with E-state index in [4.69, 9.17) is 9.47 Å². The number of anilines is 1. The fourth-order valence-corrected chi connectivity index (χ4v) is 2.71. The van der Waals surface area contributed by atoms with Crippen molar-refractivity contribution >= 4 is 21.6 Å². The molecule has 0 aliphatic rings. The molecule has 0 fully saturated rings. The molecule has 0 bridgehead atoms. The Morgan fingerprint density at radius 2 is 1.77 bits per heavy atom. The molecular formula is C18H22N2O5S. The van der Waals surface area contributed by atoms with Crippen molar-refractivity contribution in [1.29, 1.82) is 0 Å². The summed E-state index contributed by atoms with van der Waals surface area (Å²) in [6, 6.07) is 13.4. The second-order valence-corrected chi connectivity index (χ2v) is 7.38. The minimum Gasteiger partial charge on any atom is -0.497 e. The molecule has 2 N–H and O–H groups in total. The number of carbonyl (C=O) groups is 1. The molecule has 1 amide bonds. The maximum atomic E-state index is 12.1. The molecule has 8 heteroatoms. The molecule has 26 heavy (non-hydrogen) atoms. The van der Waals surface area contributed by atoms with Gasteiger partial charge in [0.25, 0.3) is 5.91 Å². The predicted molar refractivity (Wildman–Crippen MR) is 100 cm³/mol. The fraction of sp³-hybridized carbons (Fsp3) is 0.278. The Balaban J connectivity index is 1.80. The van der Waals surface area contributed by atoms with Crippen LogP contribution < -0.4 is 19.5 Å². The monoisotopic (exact) mass is 378 g/mol. The summed E-state index contributed by atoms with van der Waals surface area (Å²) in [6.45, 7) is 2.20. The normalized spacial score (nSPS) is 10.8. The maximum absolute atomic E-state index is 12.1. The molecule has 0 atom stereocenters. The first-order valence-electron chi connectivity index (χ1n) is 8.09. The van der Waals surface area contributed by atoms with Gasteiger partial charge in [0, 0.05) is 17.3 Å². The van der Waals surface area contributed by atoms with Crippen LogP contribution in [0.5, 0.6) is 11.5 Å². The third kappa shape index (κ3) is 5.96. The summed E-state index contributed by atoms with van der Waals surface area (Å²) in [5.74, 6) is 1.09.